The van der Waals surface area contributed by atoms with Crippen LogP contribution in [0.1, 0.15) is 24.5 Å². The Morgan fingerprint density at radius 2 is 1.90 bits per heavy atom. The minimum absolute atomic E-state index is 0.686. The van der Waals surface area contributed by atoms with Gasteiger partial charge in [-0.3, -0.25) is 0 Å². The standard InChI is InChI=1S/C18H18O3/c1-2-4-14-7-10-16(11-8-14)21-17-6-3-5-15(13-17)9-12-18(19)20/h3,5-13H,2,4H2,1H3,(H,19,20). The molecule has 0 aliphatic rings. The normalized spacial score (nSPS) is 10.7. The summed E-state index contributed by atoms with van der Waals surface area (Å²) in [4.78, 5) is 10.5. The van der Waals surface area contributed by atoms with Crippen molar-refractivity contribution in [2.24, 2.45) is 0 Å². The van der Waals surface area contributed by atoms with E-state index in [2.05, 4.69) is 19.1 Å². The number of aliphatic carboxylic acids is 1. The van der Waals surface area contributed by atoms with Gasteiger partial charge in [0.15, 0.2) is 0 Å². The lowest BCUT2D eigenvalue weighted by molar-refractivity contribution is -0.131. The highest BCUT2D eigenvalue weighted by atomic mass is 16.5. The summed E-state index contributed by atoms with van der Waals surface area (Å²) in [5, 5.41) is 8.63. The molecule has 0 bridgehead atoms. The number of aryl methyl sites for hydroxylation is 1. The van der Waals surface area contributed by atoms with E-state index in [9.17, 15) is 4.79 Å². The number of hydrogen-bond acceptors (Lipinski definition) is 2. The first kappa shape index (κ1) is 14.9. The van der Waals surface area contributed by atoms with Gasteiger partial charge in [0.1, 0.15) is 11.5 Å². The number of ether oxygens (including phenoxy) is 1. The van der Waals surface area contributed by atoms with E-state index in [1.54, 1.807) is 12.1 Å². The SMILES string of the molecule is CCCc1ccc(Oc2cccc(C=CC(=O)O)c2)cc1. The van der Waals surface area contributed by atoms with Crippen molar-refractivity contribution in [2.75, 3.05) is 0 Å². The van der Waals surface area contributed by atoms with Crippen molar-refractivity contribution in [3.63, 3.8) is 0 Å². The molecule has 0 amide bonds. The van der Waals surface area contributed by atoms with Gasteiger partial charge < -0.3 is 9.84 Å². The Bertz CT molecular complexity index is 627. The molecule has 0 aliphatic heterocycles. The average Bonchev–Trinajstić information content (AvgIpc) is 2.48. The lowest BCUT2D eigenvalue weighted by Crippen LogP contribution is -1.88. The highest BCUT2D eigenvalue weighted by molar-refractivity contribution is 5.85. The third-order valence-electron chi connectivity index (χ3n) is 2.97. The van der Waals surface area contributed by atoms with Gasteiger partial charge in [0.2, 0.25) is 0 Å². The van der Waals surface area contributed by atoms with Gasteiger partial charge in [-0.05, 0) is 47.9 Å². The third-order valence-corrected chi connectivity index (χ3v) is 2.97. The zero-order valence-corrected chi connectivity index (χ0v) is 12.0. The first-order valence-electron chi connectivity index (χ1n) is 6.95. The lowest BCUT2D eigenvalue weighted by Gasteiger charge is -2.07. The van der Waals surface area contributed by atoms with E-state index >= 15 is 0 Å². The fourth-order valence-corrected chi connectivity index (χ4v) is 2.00. The zero-order valence-electron chi connectivity index (χ0n) is 12.0. The van der Waals surface area contributed by atoms with Crippen LogP contribution in [0.25, 0.3) is 6.08 Å². The van der Waals surface area contributed by atoms with Crippen molar-refractivity contribution in [3.8, 4) is 11.5 Å². The first-order chi connectivity index (χ1) is 10.2. The van der Waals surface area contributed by atoms with Crippen molar-refractivity contribution >= 4 is 12.0 Å². The summed E-state index contributed by atoms with van der Waals surface area (Å²) in [6.45, 7) is 2.15. The third kappa shape index (κ3) is 4.80. The molecule has 0 spiro atoms. The van der Waals surface area contributed by atoms with Crippen molar-refractivity contribution in [2.45, 2.75) is 19.8 Å². The van der Waals surface area contributed by atoms with Crippen LogP contribution in [0.15, 0.2) is 54.6 Å². The number of carboxylic acid groups (broad SMARTS) is 1. The van der Waals surface area contributed by atoms with Crippen molar-refractivity contribution < 1.29 is 14.6 Å². The van der Waals surface area contributed by atoms with Crippen LogP contribution in [0, 0.1) is 0 Å². The van der Waals surface area contributed by atoms with Crippen molar-refractivity contribution in [3.05, 3.63) is 65.7 Å². The molecule has 108 valence electrons. The van der Waals surface area contributed by atoms with E-state index in [-0.39, 0.29) is 0 Å². The molecule has 2 rings (SSSR count). The predicted molar refractivity (Wildman–Crippen MR) is 83.6 cm³/mol. The number of hydrogen-bond donors (Lipinski definition) is 1. The largest absolute Gasteiger partial charge is 0.478 e. The highest BCUT2D eigenvalue weighted by Gasteiger charge is 1.99. The molecule has 0 aliphatic carbocycles. The van der Waals surface area contributed by atoms with E-state index in [1.807, 2.05) is 30.3 Å². The van der Waals surface area contributed by atoms with Crippen molar-refractivity contribution in [1.29, 1.82) is 0 Å². The van der Waals surface area contributed by atoms with Gasteiger partial charge in [-0.2, -0.15) is 0 Å². The highest BCUT2D eigenvalue weighted by Crippen LogP contribution is 2.23. The molecule has 21 heavy (non-hydrogen) atoms. The van der Waals surface area contributed by atoms with Crippen LogP contribution < -0.4 is 4.74 Å². The summed E-state index contributed by atoms with van der Waals surface area (Å²) in [6.07, 6.45) is 4.84. The fourth-order valence-electron chi connectivity index (χ4n) is 2.00. The van der Waals surface area contributed by atoms with E-state index in [0.29, 0.717) is 5.75 Å². The number of carbonyl (C=O) groups is 1. The monoisotopic (exact) mass is 282 g/mol. The molecule has 1 N–H and O–H groups in total. The fraction of sp³-hybridized carbons (Fsp3) is 0.167. The van der Waals surface area contributed by atoms with Crippen LogP contribution >= 0.6 is 0 Å². The molecule has 0 fully saturated rings. The van der Waals surface area contributed by atoms with Gasteiger partial charge in [0.25, 0.3) is 0 Å². The summed E-state index contributed by atoms with van der Waals surface area (Å²) >= 11 is 0. The molecule has 0 aromatic heterocycles. The molecular formula is C18H18O3. The topological polar surface area (TPSA) is 46.5 Å². The van der Waals surface area contributed by atoms with Crippen molar-refractivity contribution in [1.82, 2.24) is 0 Å². The van der Waals surface area contributed by atoms with Crippen LogP contribution in [0.3, 0.4) is 0 Å². The second-order valence-electron chi connectivity index (χ2n) is 4.74. The molecule has 3 heteroatoms. The summed E-state index contributed by atoms with van der Waals surface area (Å²) in [7, 11) is 0. The second kappa shape index (κ2) is 7.29. The van der Waals surface area contributed by atoms with E-state index in [4.69, 9.17) is 9.84 Å². The van der Waals surface area contributed by atoms with Gasteiger partial charge in [0.05, 0.1) is 0 Å². The van der Waals surface area contributed by atoms with E-state index in [1.165, 1.54) is 5.56 Å². The second-order valence-corrected chi connectivity index (χ2v) is 4.74. The number of rotatable bonds is 6. The van der Waals surface area contributed by atoms with Crippen LogP contribution in [-0.2, 0) is 11.2 Å². The van der Waals surface area contributed by atoms with Crippen LogP contribution in [0.4, 0.5) is 0 Å². The van der Waals surface area contributed by atoms with E-state index in [0.717, 1.165) is 30.2 Å². The molecule has 0 unspecified atom stereocenters. The van der Waals surface area contributed by atoms with Crippen LogP contribution in [0.5, 0.6) is 11.5 Å². The minimum atomic E-state index is -0.965. The summed E-state index contributed by atoms with van der Waals surface area (Å²) < 4.78 is 5.78. The summed E-state index contributed by atoms with van der Waals surface area (Å²) in [6, 6.07) is 15.3. The molecule has 0 saturated carbocycles. The Balaban J connectivity index is 2.08. The van der Waals surface area contributed by atoms with Gasteiger partial charge >= 0.3 is 5.97 Å². The molecule has 0 radical (unpaired) electrons. The van der Waals surface area contributed by atoms with E-state index < -0.39 is 5.97 Å². The lowest BCUT2D eigenvalue weighted by atomic mass is 10.1. The maximum atomic E-state index is 10.5. The number of carboxylic acids is 1. The smallest absolute Gasteiger partial charge is 0.328 e. The predicted octanol–water partition coefficient (Wildman–Crippen LogP) is 4.53. The Hall–Kier alpha value is -2.55. The summed E-state index contributed by atoms with van der Waals surface area (Å²) in [5.74, 6) is 0.493. The minimum Gasteiger partial charge on any atom is -0.478 e. The molecule has 2 aromatic rings. The zero-order chi connectivity index (χ0) is 15.1. The Labute approximate surface area is 124 Å². The molecule has 2 aromatic carbocycles. The van der Waals surface area contributed by atoms with Gasteiger partial charge in [-0.15, -0.1) is 0 Å². The Kier molecular flexibility index (Phi) is 5.16. The van der Waals surface area contributed by atoms with Crippen LogP contribution in [-0.4, -0.2) is 11.1 Å². The quantitative estimate of drug-likeness (QED) is 0.792. The number of benzene rings is 2. The maximum Gasteiger partial charge on any atom is 0.328 e. The maximum absolute atomic E-state index is 10.5. The van der Waals surface area contributed by atoms with Gasteiger partial charge in [0, 0.05) is 6.08 Å². The van der Waals surface area contributed by atoms with Gasteiger partial charge in [-0.25, -0.2) is 4.79 Å². The average molecular weight is 282 g/mol. The Morgan fingerprint density at radius 1 is 1.14 bits per heavy atom. The van der Waals surface area contributed by atoms with Gasteiger partial charge in [-0.1, -0.05) is 37.6 Å². The first-order valence-corrected chi connectivity index (χ1v) is 6.95. The van der Waals surface area contributed by atoms with Crippen LogP contribution in [0.2, 0.25) is 0 Å². The molecule has 3 nitrogen and oxygen atoms in total. The Morgan fingerprint density at radius 3 is 2.57 bits per heavy atom. The summed E-state index contributed by atoms with van der Waals surface area (Å²) in [5.41, 5.74) is 2.08. The molecular weight excluding hydrogens is 264 g/mol. The molecule has 0 atom stereocenters. The molecule has 0 heterocycles. The molecule has 0 saturated heterocycles.